The van der Waals surface area contributed by atoms with Gasteiger partial charge >= 0.3 is 0 Å². The zero-order valence-corrected chi connectivity index (χ0v) is 10.9. The average Bonchev–Trinajstić information content (AvgIpc) is 2.22. The minimum absolute atomic E-state index is 0.0989. The van der Waals surface area contributed by atoms with E-state index in [1.165, 1.54) is 7.11 Å². The fourth-order valence-electron chi connectivity index (χ4n) is 1.31. The second-order valence-electron chi connectivity index (χ2n) is 3.61. The molecule has 90 valence electrons. The Morgan fingerprint density at radius 1 is 1.50 bits per heavy atom. The molecule has 16 heavy (non-hydrogen) atoms. The topological polar surface area (TPSA) is 61.7 Å². The summed E-state index contributed by atoms with van der Waals surface area (Å²) in [7, 11) is 1.51. The number of hydrogen-bond acceptors (Lipinski definition) is 4. The van der Waals surface area contributed by atoms with Crippen LogP contribution in [0.1, 0.15) is 12.5 Å². The molecule has 1 rings (SSSR count). The molecule has 1 aromatic rings. The van der Waals surface area contributed by atoms with Crippen molar-refractivity contribution >= 4 is 15.9 Å². The first kappa shape index (κ1) is 13.3. The van der Waals surface area contributed by atoms with Crippen LogP contribution in [0.15, 0.2) is 16.6 Å². The third kappa shape index (κ3) is 3.66. The maximum Gasteiger partial charge on any atom is 0.172 e. The molecular formula is C11H16BrNO3. The summed E-state index contributed by atoms with van der Waals surface area (Å²) in [5.41, 5.74) is 0.974. The third-order valence-corrected chi connectivity index (χ3v) is 2.68. The molecule has 0 aliphatic carbocycles. The summed E-state index contributed by atoms with van der Waals surface area (Å²) in [6.45, 7) is 2.86. The summed E-state index contributed by atoms with van der Waals surface area (Å²) >= 11 is 3.25. The molecule has 0 aromatic heterocycles. The van der Waals surface area contributed by atoms with E-state index in [-0.39, 0.29) is 11.9 Å². The van der Waals surface area contributed by atoms with Gasteiger partial charge in [-0.2, -0.15) is 0 Å². The van der Waals surface area contributed by atoms with Crippen LogP contribution in [-0.4, -0.2) is 30.0 Å². The highest BCUT2D eigenvalue weighted by Gasteiger charge is 2.08. The Labute approximate surface area is 103 Å². The van der Waals surface area contributed by atoms with E-state index in [0.29, 0.717) is 23.3 Å². The van der Waals surface area contributed by atoms with Crippen molar-refractivity contribution < 1.29 is 14.9 Å². The highest BCUT2D eigenvalue weighted by atomic mass is 79.9. The molecule has 0 heterocycles. The smallest absolute Gasteiger partial charge is 0.172 e. The molecule has 3 N–H and O–H groups in total. The van der Waals surface area contributed by atoms with E-state index < -0.39 is 0 Å². The number of ether oxygens (including phenoxy) is 1. The molecule has 0 bridgehead atoms. The normalized spacial score (nSPS) is 12.5. The zero-order valence-electron chi connectivity index (χ0n) is 9.33. The summed E-state index contributed by atoms with van der Waals surface area (Å²) in [5, 5.41) is 21.8. The van der Waals surface area contributed by atoms with Gasteiger partial charge in [0, 0.05) is 13.1 Å². The predicted octanol–water partition coefficient (Wildman–Crippen LogP) is 1.63. The lowest BCUT2D eigenvalue weighted by atomic mass is 10.2. The SMILES string of the molecule is COc1cc(CNCC(C)O)cc(Br)c1O. The predicted molar refractivity (Wildman–Crippen MR) is 65.7 cm³/mol. The van der Waals surface area contributed by atoms with Crippen LogP contribution in [0.25, 0.3) is 0 Å². The number of rotatable bonds is 5. The summed E-state index contributed by atoms with van der Waals surface area (Å²) in [4.78, 5) is 0. The number of aromatic hydroxyl groups is 1. The first-order valence-electron chi connectivity index (χ1n) is 4.98. The van der Waals surface area contributed by atoms with Crippen molar-refractivity contribution in [2.24, 2.45) is 0 Å². The number of aliphatic hydroxyl groups excluding tert-OH is 1. The lowest BCUT2D eigenvalue weighted by molar-refractivity contribution is 0.191. The Bertz CT molecular complexity index is 355. The second kappa shape index (κ2) is 6.08. The Kier molecular flexibility index (Phi) is 5.05. The number of hydrogen-bond donors (Lipinski definition) is 3. The molecule has 0 spiro atoms. The van der Waals surface area contributed by atoms with E-state index >= 15 is 0 Å². The van der Waals surface area contributed by atoms with Crippen LogP contribution in [0, 0.1) is 0 Å². The highest BCUT2D eigenvalue weighted by molar-refractivity contribution is 9.10. The monoisotopic (exact) mass is 289 g/mol. The average molecular weight is 290 g/mol. The molecule has 0 saturated carbocycles. The first-order chi connectivity index (χ1) is 7.54. The van der Waals surface area contributed by atoms with E-state index in [1.807, 2.05) is 6.07 Å². The summed E-state index contributed by atoms with van der Waals surface area (Å²) in [6, 6.07) is 3.57. The van der Waals surface area contributed by atoms with E-state index in [4.69, 9.17) is 9.84 Å². The van der Waals surface area contributed by atoms with E-state index in [9.17, 15) is 5.11 Å². The van der Waals surface area contributed by atoms with Gasteiger partial charge in [-0.15, -0.1) is 0 Å². The van der Waals surface area contributed by atoms with Crippen LogP contribution < -0.4 is 10.1 Å². The molecule has 0 amide bonds. The Morgan fingerprint density at radius 2 is 2.19 bits per heavy atom. The molecule has 1 unspecified atom stereocenters. The molecule has 1 atom stereocenters. The van der Waals surface area contributed by atoms with Crippen LogP contribution in [0.5, 0.6) is 11.5 Å². The fourth-order valence-corrected chi connectivity index (χ4v) is 1.80. The van der Waals surface area contributed by atoms with Gasteiger partial charge in [-0.1, -0.05) is 0 Å². The van der Waals surface area contributed by atoms with Gasteiger partial charge in [-0.05, 0) is 40.5 Å². The van der Waals surface area contributed by atoms with Crippen LogP contribution in [0.2, 0.25) is 0 Å². The third-order valence-electron chi connectivity index (χ3n) is 2.08. The lowest BCUT2D eigenvalue weighted by Gasteiger charge is -2.10. The molecule has 0 saturated heterocycles. The minimum Gasteiger partial charge on any atom is -0.503 e. The van der Waals surface area contributed by atoms with E-state index in [0.717, 1.165) is 5.56 Å². The fraction of sp³-hybridized carbons (Fsp3) is 0.455. The Balaban J connectivity index is 2.70. The number of phenols is 1. The number of methoxy groups -OCH3 is 1. The number of benzene rings is 1. The maximum atomic E-state index is 9.60. The Morgan fingerprint density at radius 3 is 2.75 bits per heavy atom. The van der Waals surface area contributed by atoms with Crippen molar-refractivity contribution in [3.63, 3.8) is 0 Å². The minimum atomic E-state index is -0.373. The second-order valence-corrected chi connectivity index (χ2v) is 4.46. The van der Waals surface area contributed by atoms with Crippen molar-refractivity contribution in [3.05, 3.63) is 22.2 Å². The molecule has 0 aliphatic heterocycles. The lowest BCUT2D eigenvalue weighted by Crippen LogP contribution is -2.23. The number of halogens is 1. The molecule has 0 fully saturated rings. The van der Waals surface area contributed by atoms with Crippen molar-refractivity contribution in [1.82, 2.24) is 5.32 Å². The number of aliphatic hydroxyl groups is 1. The molecular weight excluding hydrogens is 274 g/mol. The maximum absolute atomic E-state index is 9.60. The van der Waals surface area contributed by atoms with Gasteiger partial charge in [0.25, 0.3) is 0 Å². The zero-order chi connectivity index (χ0) is 12.1. The van der Waals surface area contributed by atoms with E-state index in [1.54, 1.807) is 13.0 Å². The highest BCUT2D eigenvalue weighted by Crippen LogP contribution is 2.35. The summed E-state index contributed by atoms with van der Waals surface area (Å²) in [5.74, 6) is 0.532. The van der Waals surface area contributed by atoms with E-state index in [2.05, 4.69) is 21.2 Å². The van der Waals surface area contributed by atoms with Crippen molar-refractivity contribution in [3.8, 4) is 11.5 Å². The van der Waals surface area contributed by atoms with Crippen LogP contribution >= 0.6 is 15.9 Å². The van der Waals surface area contributed by atoms with Gasteiger partial charge in [0.05, 0.1) is 17.7 Å². The van der Waals surface area contributed by atoms with Gasteiger partial charge in [-0.25, -0.2) is 0 Å². The molecule has 1 aromatic carbocycles. The molecule has 0 radical (unpaired) electrons. The molecule has 5 heteroatoms. The number of phenolic OH excluding ortho intramolecular Hbond substituents is 1. The van der Waals surface area contributed by atoms with Gasteiger partial charge < -0.3 is 20.3 Å². The Hall–Kier alpha value is -0.780. The van der Waals surface area contributed by atoms with Gasteiger partial charge in [0.15, 0.2) is 11.5 Å². The van der Waals surface area contributed by atoms with Gasteiger partial charge in [-0.3, -0.25) is 0 Å². The van der Waals surface area contributed by atoms with Crippen molar-refractivity contribution in [2.45, 2.75) is 19.6 Å². The largest absolute Gasteiger partial charge is 0.503 e. The van der Waals surface area contributed by atoms with Gasteiger partial charge in [0.1, 0.15) is 0 Å². The van der Waals surface area contributed by atoms with Crippen molar-refractivity contribution in [1.29, 1.82) is 0 Å². The molecule has 4 nitrogen and oxygen atoms in total. The van der Waals surface area contributed by atoms with Crippen LogP contribution in [0.3, 0.4) is 0 Å². The van der Waals surface area contributed by atoms with Crippen molar-refractivity contribution in [2.75, 3.05) is 13.7 Å². The summed E-state index contributed by atoms with van der Waals surface area (Å²) < 4.78 is 5.63. The van der Waals surface area contributed by atoms with Crippen LogP contribution in [-0.2, 0) is 6.54 Å². The molecule has 0 aliphatic rings. The number of nitrogens with one attached hydrogen (secondary N) is 1. The standard InChI is InChI=1S/C11H16BrNO3/c1-7(14)5-13-6-8-3-9(12)11(15)10(4-8)16-2/h3-4,7,13-15H,5-6H2,1-2H3. The van der Waals surface area contributed by atoms with Crippen LogP contribution in [0.4, 0.5) is 0 Å². The first-order valence-corrected chi connectivity index (χ1v) is 5.78. The quantitative estimate of drug-likeness (QED) is 0.771. The summed E-state index contributed by atoms with van der Waals surface area (Å²) in [6.07, 6.45) is -0.373. The van der Waals surface area contributed by atoms with Gasteiger partial charge in [0.2, 0.25) is 0 Å².